The number of pyridine rings is 2. The fourth-order valence-electron chi connectivity index (χ4n) is 2.65. The molecule has 1 saturated carbocycles. The van der Waals surface area contributed by atoms with Gasteiger partial charge in [0, 0.05) is 55.6 Å². The SMILES string of the molecule is CN(CCc1ccccn1)c1ncccc1CNC(=O)C1(C)CC1. The number of likely N-dealkylation sites (N-methyl/N-ethyl adjacent to an activating group) is 1. The fraction of sp³-hybridized carbons (Fsp3) is 0.421. The van der Waals surface area contributed by atoms with E-state index in [9.17, 15) is 4.79 Å². The van der Waals surface area contributed by atoms with Gasteiger partial charge in [0.2, 0.25) is 5.91 Å². The average molecular weight is 324 g/mol. The quantitative estimate of drug-likeness (QED) is 0.850. The first kappa shape index (κ1) is 16.4. The van der Waals surface area contributed by atoms with Crippen molar-refractivity contribution in [2.75, 3.05) is 18.5 Å². The minimum Gasteiger partial charge on any atom is -0.359 e. The molecular weight excluding hydrogens is 300 g/mol. The minimum absolute atomic E-state index is 0.146. The minimum atomic E-state index is -0.146. The van der Waals surface area contributed by atoms with Crippen LogP contribution >= 0.6 is 0 Å². The summed E-state index contributed by atoms with van der Waals surface area (Å²) in [4.78, 5) is 23.1. The van der Waals surface area contributed by atoms with Gasteiger partial charge in [-0.2, -0.15) is 0 Å². The van der Waals surface area contributed by atoms with Crippen molar-refractivity contribution in [2.45, 2.75) is 32.7 Å². The first-order chi connectivity index (χ1) is 11.6. The van der Waals surface area contributed by atoms with Gasteiger partial charge in [-0.05, 0) is 31.0 Å². The zero-order valence-electron chi connectivity index (χ0n) is 14.3. The van der Waals surface area contributed by atoms with E-state index >= 15 is 0 Å². The molecule has 0 aromatic carbocycles. The Morgan fingerprint density at radius 2 is 2.00 bits per heavy atom. The van der Waals surface area contributed by atoms with Gasteiger partial charge < -0.3 is 10.2 Å². The normalized spacial score (nSPS) is 14.9. The smallest absolute Gasteiger partial charge is 0.226 e. The maximum atomic E-state index is 12.1. The second-order valence-corrected chi connectivity index (χ2v) is 6.72. The highest BCUT2D eigenvalue weighted by atomic mass is 16.2. The molecule has 0 bridgehead atoms. The number of nitrogens with zero attached hydrogens (tertiary/aromatic N) is 3. The van der Waals surface area contributed by atoms with Crippen LogP contribution < -0.4 is 10.2 Å². The first-order valence-corrected chi connectivity index (χ1v) is 8.42. The zero-order chi connectivity index (χ0) is 17.0. The third-order valence-corrected chi connectivity index (χ3v) is 4.65. The third kappa shape index (κ3) is 3.91. The maximum Gasteiger partial charge on any atom is 0.226 e. The lowest BCUT2D eigenvalue weighted by molar-refractivity contribution is -0.125. The van der Waals surface area contributed by atoms with Gasteiger partial charge in [0.05, 0.1) is 0 Å². The molecule has 0 atom stereocenters. The second-order valence-electron chi connectivity index (χ2n) is 6.72. The molecule has 2 heterocycles. The summed E-state index contributed by atoms with van der Waals surface area (Å²) in [6.45, 7) is 3.36. The molecule has 5 nitrogen and oxygen atoms in total. The summed E-state index contributed by atoms with van der Waals surface area (Å²) in [7, 11) is 2.03. The molecule has 1 N–H and O–H groups in total. The second kappa shape index (κ2) is 6.99. The molecule has 1 aliphatic carbocycles. The molecule has 5 heteroatoms. The topological polar surface area (TPSA) is 58.1 Å². The van der Waals surface area contributed by atoms with Crippen molar-refractivity contribution in [3.63, 3.8) is 0 Å². The van der Waals surface area contributed by atoms with Crippen LogP contribution in [-0.2, 0) is 17.8 Å². The van der Waals surface area contributed by atoms with Crippen LogP contribution in [0.25, 0.3) is 0 Å². The Hall–Kier alpha value is -2.43. The van der Waals surface area contributed by atoms with Gasteiger partial charge in [-0.3, -0.25) is 9.78 Å². The number of amides is 1. The molecule has 24 heavy (non-hydrogen) atoms. The van der Waals surface area contributed by atoms with Gasteiger partial charge in [0.15, 0.2) is 0 Å². The Balaban J connectivity index is 1.61. The van der Waals surface area contributed by atoms with Gasteiger partial charge in [-0.1, -0.05) is 19.1 Å². The van der Waals surface area contributed by atoms with Gasteiger partial charge in [-0.15, -0.1) is 0 Å². The van der Waals surface area contributed by atoms with Crippen LogP contribution in [0.4, 0.5) is 5.82 Å². The molecule has 1 aliphatic rings. The van der Waals surface area contributed by atoms with Gasteiger partial charge in [-0.25, -0.2) is 4.98 Å². The maximum absolute atomic E-state index is 12.1. The van der Waals surface area contributed by atoms with Gasteiger partial charge in [0.25, 0.3) is 0 Å². The summed E-state index contributed by atoms with van der Waals surface area (Å²) in [6, 6.07) is 9.89. The van der Waals surface area contributed by atoms with Crippen LogP contribution in [0.15, 0.2) is 42.7 Å². The lowest BCUT2D eigenvalue weighted by Crippen LogP contribution is -2.31. The molecule has 0 radical (unpaired) electrons. The Morgan fingerprint density at radius 1 is 1.21 bits per heavy atom. The summed E-state index contributed by atoms with van der Waals surface area (Å²) in [5.74, 6) is 1.06. The Kier molecular flexibility index (Phi) is 4.79. The van der Waals surface area contributed by atoms with E-state index in [1.807, 2.05) is 50.5 Å². The number of rotatable bonds is 7. The summed E-state index contributed by atoms with van der Waals surface area (Å²) in [6.07, 6.45) is 6.44. The largest absolute Gasteiger partial charge is 0.359 e. The monoisotopic (exact) mass is 324 g/mol. The van der Waals surface area contributed by atoms with E-state index in [0.717, 1.165) is 42.9 Å². The molecule has 2 aromatic heterocycles. The number of aromatic nitrogens is 2. The average Bonchev–Trinajstić information content (AvgIpc) is 3.37. The zero-order valence-corrected chi connectivity index (χ0v) is 14.3. The number of nitrogens with one attached hydrogen (secondary N) is 1. The Labute approximate surface area is 143 Å². The summed E-state index contributed by atoms with van der Waals surface area (Å²) >= 11 is 0. The van der Waals surface area contributed by atoms with Crippen molar-refractivity contribution in [3.8, 4) is 0 Å². The highest BCUT2D eigenvalue weighted by Gasteiger charge is 2.44. The standard InChI is InChI=1S/C19H24N4O/c1-19(9-10-19)18(24)22-14-15-6-5-12-21-17(15)23(2)13-8-16-7-3-4-11-20-16/h3-7,11-12H,8-10,13-14H2,1-2H3,(H,22,24). The van der Waals surface area contributed by atoms with Gasteiger partial charge in [0.1, 0.15) is 5.82 Å². The van der Waals surface area contributed by atoms with Gasteiger partial charge >= 0.3 is 0 Å². The highest BCUT2D eigenvalue weighted by Crippen LogP contribution is 2.45. The van der Waals surface area contributed by atoms with E-state index in [2.05, 4.69) is 20.2 Å². The molecular formula is C19H24N4O. The molecule has 1 amide bonds. The molecule has 0 saturated heterocycles. The van der Waals surface area contributed by atoms with E-state index in [1.165, 1.54) is 0 Å². The van der Waals surface area contributed by atoms with Crippen molar-refractivity contribution in [2.24, 2.45) is 5.41 Å². The van der Waals surface area contributed by atoms with Crippen LogP contribution in [0.2, 0.25) is 0 Å². The number of carbonyl (C=O) groups excluding carboxylic acids is 1. The van der Waals surface area contributed by atoms with E-state index in [1.54, 1.807) is 6.20 Å². The van der Waals surface area contributed by atoms with Crippen LogP contribution in [0, 0.1) is 5.41 Å². The van der Waals surface area contributed by atoms with Crippen molar-refractivity contribution in [1.29, 1.82) is 0 Å². The van der Waals surface area contributed by atoms with Crippen LogP contribution in [0.5, 0.6) is 0 Å². The van der Waals surface area contributed by atoms with Crippen LogP contribution in [-0.4, -0.2) is 29.5 Å². The molecule has 0 unspecified atom stereocenters. The van der Waals surface area contributed by atoms with Crippen molar-refractivity contribution >= 4 is 11.7 Å². The van der Waals surface area contributed by atoms with E-state index in [0.29, 0.717) is 6.54 Å². The van der Waals surface area contributed by atoms with E-state index in [4.69, 9.17) is 0 Å². The molecule has 1 fully saturated rings. The molecule has 0 spiro atoms. The lowest BCUT2D eigenvalue weighted by Gasteiger charge is -2.21. The predicted molar refractivity (Wildman–Crippen MR) is 94.6 cm³/mol. The third-order valence-electron chi connectivity index (χ3n) is 4.65. The molecule has 3 rings (SSSR count). The van der Waals surface area contributed by atoms with Crippen molar-refractivity contribution < 1.29 is 4.79 Å². The first-order valence-electron chi connectivity index (χ1n) is 8.42. The molecule has 126 valence electrons. The van der Waals surface area contributed by atoms with Crippen LogP contribution in [0.1, 0.15) is 31.0 Å². The number of anilines is 1. The Morgan fingerprint density at radius 3 is 2.71 bits per heavy atom. The Bertz CT molecular complexity index is 698. The fourth-order valence-corrected chi connectivity index (χ4v) is 2.65. The lowest BCUT2D eigenvalue weighted by atomic mass is 10.1. The van der Waals surface area contributed by atoms with Crippen molar-refractivity contribution in [3.05, 3.63) is 54.0 Å². The van der Waals surface area contributed by atoms with Crippen molar-refractivity contribution in [1.82, 2.24) is 15.3 Å². The summed E-state index contributed by atoms with van der Waals surface area (Å²) in [5.41, 5.74) is 1.96. The summed E-state index contributed by atoms with van der Waals surface area (Å²) in [5, 5.41) is 3.05. The summed E-state index contributed by atoms with van der Waals surface area (Å²) < 4.78 is 0. The molecule has 2 aromatic rings. The highest BCUT2D eigenvalue weighted by molar-refractivity contribution is 5.84. The number of hydrogen-bond acceptors (Lipinski definition) is 4. The number of carbonyl (C=O) groups is 1. The van der Waals surface area contributed by atoms with Crippen LogP contribution in [0.3, 0.4) is 0 Å². The molecule has 0 aliphatic heterocycles. The number of hydrogen-bond donors (Lipinski definition) is 1. The van der Waals surface area contributed by atoms with E-state index < -0.39 is 0 Å². The van der Waals surface area contributed by atoms with E-state index in [-0.39, 0.29) is 11.3 Å². The predicted octanol–water partition coefficient (Wildman–Crippen LogP) is 2.57.